The third-order valence-corrected chi connectivity index (χ3v) is 3.89. The molecule has 0 spiro atoms. The van der Waals surface area contributed by atoms with Gasteiger partial charge < -0.3 is 0 Å². The Kier molecular flexibility index (Phi) is 4.76. The third-order valence-electron chi connectivity index (χ3n) is 1.65. The molecule has 0 saturated carbocycles. The molecule has 0 aliphatic heterocycles. The van der Waals surface area contributed by atoms with Gasteiger partial charge in [-0.05, 0) is 23.6 Å². The standard InChI is InChI=1S/C8H11Cl2N3O2S/c1-6(4-9)5-16(14,15)13-7-2-3-11-8(10)12-7/h2-3,6H,4-5H2,1H3,(H,11,12,13). The van der Waals surface area contributed by atoms with E-state index in [1.54, 1.807) is 6.92 Å². The summed E-state index contributed by atoms with van der Waals surface area (Å²) in [5.41, 5.74) is 0. The lowest BCUT2D eigenvalue weighted by molar-refractivity contribution is 0.588. The molecule has 8 heteroatoms. The first kappa shape index (κ1) is 13.5. The van der Waals surface area contributed by atoms with Crippen molar-refractivity contribution in [2.24, 2.45) is 5.92 Å². The molecule has 0 saturated heterocycles. The number of sulfonamides is 1. The van der Waals surface area contributed by atoms with Crippen LogP contribution >= 0.6 is 23.2 Å². The lowest BCUT2D eigenvalue weighted by Gasteiger charge is -2.10. The Hall–Kier alpha value is -0.590. The lowest BCUT2D eigenvalue weighted by atomic mass is 10.3. The summed E-state index contributed by atoms with van der Waals surface area (Å²) >= 11 is 11.1. The van der Waals surface area contributed by atoms with Gasteiger partial charge in [0.05, 0.1) is 5.75 Å². The number of rotatable bonds is 5. The highest BCUT2D eigenvalue weighted by Gasteiger charge is 2.15. The largest absolute Gasteiger partial charge is 0.267 e. The maximum absolute atomic E-state index is 11.6. The van der Waals surface area contributed by atoms with E-state index < -0.39 is 10.0 Å². The Balaban J connectivity index is 2.73. The van der Waals surface area contributed by atoms with Crippen LogP contribution in [0, 0.1) is 5.92 Å². The Labute approximate surface area is 104 Å². The second kappa shape index (κ2) is 5.65. The zero-order valence-corrected chi connectivity index (χ0v) is 10.8. The topological polar surface area (TPSA) is 72.0 Å². The maximum Gasteiger partial charge on any atom is 0.234 e. The first-order chi connectivity index (χ1) is 7.43. The van der Waals surface area contributed by atoms with Gasteiger partial charge in [-0.2, -0.15) is 4.98 Å². The molecule has 0 amide bonds. The van der Waals surface area contributed by atoms with Crippen LogP contribution in [0.2, 0.25) is 5.28 Å². The van der Waals surface area contributed by atoms with Crippen molar-refractivity contribution in [1.29, 1.82) is 0 Å². The van der Waals surface area contributed by atoms with E-state index in [1.807, 2.05) is 0 Å². The predicted molar refractivity (Wildman–Crippen MR) is 64.3 cm³/mol. The van der Waals surface area contributed by atoms with Crippen LogP contribution < -0.4 is 4.72 Å². The Morgan fingerprint density at radius 2 is 2.25 bits per heavy atom. The number of hydrogen-bond acceptors (Lipinski definition) is 4. The van der Waals surface area contributed by atoms with E-state index in [1.165, 1.54) is 12.3 Å². The zero-order chi connectivity index (χ0) is 12.2. The van der Waals surface area contributed by atoms with Gasteiger partial charge in [0.25, 0.3) is 0 Å². The molecule has 5 nitrogen and oxygen atoms in total. The first-order valence-corrected chi connectivity index (χ1v) is 7.04. The number of nitrogens with one attached hydrogen (secondary N) is 1. The molecule has 16 heavy (non-hydrogen) atoms. The van der Waals surface area contributed by atoms with Crippen molar-refractivity contribution in [1.82, 2.24) is 9.97 Å². The molecular formula is C8H11Cl2N3O2S. The fraction of sp³-hybridized carbons (Fsp3) is 0.500. The molecule has 1 unspecified atom stereocenters. The Morgan fingerprint density at radius 1 is 1.56 bits per heavy atom. The monoisotopic (exact) mass is 283 g/mol. The summed E-state index contributed by atoms with van der Waals surface area (Å²) in [7, 11) is -3.45. The van der Waals surface area contributed by atoms with Gasteiger partial charge in [-0.15, -0.1) is 11.6 Å². The van der Waals surface area contributed by atoms with Gasteiger partial charge in [-0.25, -0.2) is 13.4 Å². The lowest BCUT2D eigenvalue weighted by Crippen LogP contribution is -2.22. The van der Waals surface area contributed by atoms with Crippen molar-refractivity contribution in [3.05, 3.63) is 17.5 Å². The SMILES string of the molecule is CC(CCl)CS(=O)(=O)Nc1ccnc(Cl)n1. The minimum Gasteiger partial charge on any atom is -0.267 e. The van der Waals surface area contributed by atoms with Crippen molar-refractivity contribution in [3.63, 3.8) is 0 Å². The number of hydrogen-bond donors (Lipinski definition) is 1. The molecule has 1 rings (SSSR count). The number of anilines is 1. The molecule has 1 aromatic rings. The molecular weight excluding hydrogens is 273 g/mol. The van der Waals surface area contributed by atoms with Crippen LogP contribution in [0.4, 0.5) is 5.82 Å². The average Bonchev–Trinajstić information content (AvgIpc) is 2.15. The van der Waals surface area contributed by atoms with Crippen LogP contribution in [-0.4, -0.2) is 30.0 Å². The van der Waals surface area contributed by atoms with Crippen molar-refractivity contribution >= 4 is 39.0 Å². The first-order valence-electron chi connectivity index (χ1n) is 4.48. The number of nitrogens with zero attached hydrogens (tertiary/aromatic N) is 2. The molecule has 0 bridgehead atoms. The van der Waals surface area contributed by atoms with Gasteiger partial charge in [-0.1, -0.05) is 6.92 Å². The summed E-state index contributed by atoms with van der Waals surface area (Å²) in [6, 6.07) is 1.43. The Bertz CT molecular complexity index is 452. The van der Waals surface area contributed by atoms with E-state index in [9.17, 15) is 8.42 Å². The van der Waals surface area contributed by atoms with Crippen molar-refractivity contribution in [3.8, 4) is 0 Å². The van der Waals surface area contributed by atoms with Gasteiger partial charge in [0.15, 0.2) is 0 Å². The molecule has 0 aromatic carbocycles. The van der Waals surface area contributed by atoms with E-state index in [0.717, 1.165) is 0 Å². The van der Waals surface area contributed by atoms with Crippen LogP contribution in [0.25, 0.3) is 0 Å². The third kappa shape index (κ3) is 4.51. The summed E-state index contributed by atoms with van der Waals surface area (Å²) in [6.45, 7) is 1.75. The van der Waals surface area contributed by atoms with Crippen molar-refractivity contribution in [2.45, 2.75) is 6.92 Å². The van der Waals surface area contributed by atoms with Crippen LogP contribution in [0.5, 0.6) is 0 Å². The van der Waals surface area contributed by atoms with E-state index in [2.05, 4.69) is 14.7 Å². The molecule has 0 fully saturated rings. The molecule has 1 heterocycles. The van der Waals surface area contributed by atoms with Crippen LogP contribution in [0.1, 0.15) is 6.92 Å². The quantitative estimate of drug-likeness (QED) is 0.660. The smallest absolute Gasteiger partial charge is 0.234 e. The van der Waals surface area contributed by atoms with E-state index in [0.29, 0.717) is 0 Å². The van der Waals surface area contributed by atoms with Crippen molar-refractivity contribution in [2.75, 3.05) is 16.4 Å². The normalized spacial score (nSPS) is 13.4. The number of halogens is 2. The minimum absolute atomic E-state index is 0.00871. The summed E-state index contributed by atoms with van der Waals surface area (Å²) in [5.74, 6) is 0.252. The molecule has 1 N–H and O–H groups in total. The fourth-order valence-corrected chi connectivity index (χ4v) is 2.78. The van der Waals surface area contributed by atoms with E-state index in [-0.39, 0.29) is 28.7 Å². The summed E-state index contributed by atoms with van der Waals surface area (Å²) in [5, 5.41) is -0.00871. The zero-order valence-electron chi connectivity index (χ0n) is 8.52. The number of aromatic nitrogens is 2. The van der Waals surface area contributed by atoms with E-state index >= 15 is 0 Å². The predicted octanol–water partition coefficient (Wildman–Crippen LogP) is 1.75. The summed E-state index contributed by atoms with van der Waals surface area (Å²) in [4.78, 5) is 7.37. The van der Waals surface area contributed by atoms with Crippen LogP contribution in [-0.2, 0) is 10.0 Å². The molecule has 0 aliphatic carbocycles. The summed E-state index contributed by atoms with van der Waals surface area (Å²) < 4.78 is 25.5. The van der Waals surface area contributed by atoms with Gasteiger partial charge in [0.1, 0.15) is 5.82 Å². The van der Waals surface area contributed by atoms with Gasteiger partial charge in [-0.3, -0.25) is 4.72 Å². The van der Waals surface area contributed by atoms with Crippen LogP contribution in [0.15, 0.2) is 12.3 Å². The molecule has 90 valence electrons. The highest BCUT2D eigenvalue weighted by atomic mass is 35.5. The number of alkyl halides is 1. The van der Waals surface area contributed by atoms with E-state index in [4.69, 9.17) is 23.2 Å². The molecule has 0 radical (unpaired) electrons. The molecule has 0 aliphatic rings. The highest BCUT2D eigenvalue weighted by molar-refractivity contribution is 7.92. The molecule has 1 atom stereocenters. The maximum atomic E-state index is 11.6. The van der Waals surface area contributed by atoms with Gasteiger partial charge in [0.2, 0.25) is 15.3 Å². The average molecular weight is 284 g/mol. The van der Waals surface area contributed by atoms with Crippen LogP contribution in [0.3, 0.4) is 0 Å². The molecule has 1 aromatic heterocycles. The van der Waals surface area contributed by atoms with Crippen molar-refractivity contribution < 1.29 is 8.42 Å². The summed E-state index contributed by atoms with van der Waals surface area (Å²) in [6.07, 6.45) is 1.37. The second-order valence-electron chi connectivity index (χ2n) is 3.35. The second-order valence-corrected chi connectivity index (χ2v) is 5.77. The minimum atomic E-state index is -3.45. The Morgan fingerprint density at radius 3 is 2.81 bits per heavy atom. The van der Waals surface area contributed by atoms with Gasteiger partial charge in [0, 0.05) is 12.1 Å². The van der Waals surface area contributed by atoms with Gasteiger partial charge >= 0.3 is 0 Å². The highest BCUT2D eigenvalue weighted by Crippen LogP contribution is 2.10. The fourth-order valence-electron chi connectivity index (χ4n) is 1.01.